The lowest BCUT2D eigenvalue weighted by atomic mass is 10.1. The minimum Gasteiger partial charge on any atom is -0.372 e. The summed E-state index contributed by atoms with van der Waals surface area (Å²) in [6.07, 6.45) is 1.63. The number of carbonyl (C=O) groups is 1. The first-order valence-electron chi connectivity index (χ1n) is 5.55. The van der Waals surface area contributed by atoms with E-state index >= 15 is 0 Å². The van der Waals surface area contributed by atoms with Crippen molar-refractivity contribution in [2.24, 2.45) is 0 Å². The largest absolute Gasteiger partial charge is 0.372 e. The Bertz CT molecular complexity index is 364. The SMILES string of the molecule is COC(C)C(=O)NC(C)c1ccc(SC)cc1. The summed E-state index contributed by atoms with van der Waals surface area (Å²) in [6, 6.07) is 8.18. The molecule has 0 heterocycles. The van der Waals surface area contributed by atoms with Crippen LogP contribution < -0.4 is 5.32 Å². The minimum absolute atomic E-state index is 0.00370. The molecule has 1 rings (SSSR count). The molecule has 3 nitrogen and oxygen atoms in total. The second-order valence-electron chi connectivity index (χ2n) is 3.88. The smallest absolute Gasteiger partial charge is 0.249 e. The summed E-state index contributed by atoms with van der Waals surface area (Å²) in [5.41, 5.74) is 1.10. The predicted molar refractivity (Wildman–Crippen MR) is 71.3 cm³/mol. The van der Waals surface area contributed by atoms with Crippen LogP contribution in [-0.2, 0) is 9.53 Å². The number of methoxy groups -OCH3 is 1. The van der Waals surface area contributed by atoms with Crippen LogP contribution in [0.1, 0.15) is 25.5 Å². The molecule has 4 heteroatoms. The van der Waals surface area contributed by atoms with E-state index in [1.54, 1.807) is 18.7 Å². The van der Waals surface area contributed by atoms with Crippen molar-refractivity contribution in [2.75, 3.05) is 13.4 Å². The third kappa shape index (κ3) is 4.06. The molecule has 0 bridgehead atoms. The standard InChI is InChI=1S/C13H19NO2S/c1-9(14-13(15)10(2)16-3)11-5-7-12(17-4)8-6-11/h5-10H,1-4H3,(H,14,15). The van der Waals surface area contributed by atoms with Gasteiger partial charge >= 0.3 is 0 Å². The van der Waals surface area contributed by atoms with Gasteiger partial charge in [0.1, 0.15) is 6.10 Å². The molecule has 0 aliphatic rings. The van der Waals surface area contributed by atoms with Crippen LogP contribution in [0.15, 0.2) is 29.2 Å². The van der Waals surface area contributed by atoms with Crippen molar-refractivity contribution in [3.63, 3.8) is 0 Å². The van der Waals surface area contributed by atoms with E-state index < -0.39 is 6.10 Å². The third-order valence-electron chi connectivity index (χ3n) is 2.70. The lowest BCUT2D eigenvalue weighted by molar-refractivity contribution is -0.130. The highest BCUT2D eigenvalue weighted by Crippen LogP contribution is 2.18. The molecule has 2 atom stereocenters. The van der Waals surface area contributed by atoms with Crippen LogP contribution in [0.2, 0.25) is 0 Å². The van der Waals surface area contributed by atoms with E-state index in [4.69, 9.17) is 4.74 Å². The Balaban J connectivity index is 2.63. The van der Waals surface area contributed by atoms with Crippen LogP contribution in [0.3, 0.4) is 0 Å². The Labute approximate surface area is 107 Å². The number of ether oxygens (including phenoxy) is 1. The van der Waals surface area contributed by atoms with E-state index in [9.17, 15) is 4.79 Å². The van der Waals surface area contributed by atoms with Crippen LogP contribution >= 0.6 is 11.8 Å². The summed E-state index contributed by atoms with van der Waals surface area (Å²) >= 11 is 1.70. The fraction of sp³-hybridized carbons (Fsp3) is 0.462. The van der Waals surface area contributed by atoms with Crippen LogP contribution in [0.5, 0.6) is 0 Å². The molecule has 0 aromatic heterocycles. The number of benzene rings is 1. The third-order valence-corrected chi connectivity index (χ3v) is 3.44. The summed E-state index contributed by atoms with van der Waals surface area (Å²) in [6.45, 7) is 3.70. The average Bonchev–Trinajstić information content (AvgIpc) is 2.37. The lowest BCUT2D eigenvalue weighted by Gasteiger charge is -2.17. The molecule has 1 N–H and O–H groups in total. The Hall–Kier alpha value is -1.00. The Morgan fingerprint density at radius 2 is 1.88 bits per heavy atom. The maximum Gasteiger partial charge on any atom is 0.249 e. The van der Waals surface area contributed by atoms with Gasteiger partial charge in [0, 0.05) is 12.0 Å². The van der Waals surface area contributed by atoms with E-state index in [1.807, 2.05) is 25.3 Å². The van der Waals surface area contributed by atoms with Crippen LogP contribution in [0.4, 0.5) is 0 Å². The molecule has 0 aliphatic heterocycles. The van der Waals surface area contributed by atoms with Crippen molar-refractivity contribution < 1.29 is 9.53 Å². The molecule has 0 spiro atoms. The quantitative estimate of drug-likeness (QED) is 0.820. The van der Waals surface area contributed by atoms with Crippen molar-refractivity contribution in [3.05, 3.63) is 29.8 Å². The number of carbonyl (C=O) groups excluding carboxylic acids is 1. The Morgan fingerprint density at radius 3 is 2.35 bits per heavy atom. The molecule has 0 radical (unpaired) electrons. The number of rotatable bonds is 5. The monoisotopic (exact) mass is 253 g/mol. The van der Waals surface area contributed by atoms with Gasteiger partial charge in [0.2, 0.25) is 5.91 Å². The number of hydrogen-bond acceptors (Lipinski definition) is 3. The van der Waals surface area contributed by atoms with Crippen molar-refractivity contribution in [2.45, 2.75) is 30.9 Å². The maximum absolute atomic E-state index is 11.6. The second-order valence-corrected chi connectivity index (χ2v) is 4.76. The first kappa shape index (κ1) is 14.1. The second kappa shape index (κ2) is 6.67. The normalized spacial score (nSPS) is 14.1. The van der Waals surface area contributed by atoms with E-state index in [1.165, 1.54) is 12.0 Å². The van der Waals surface area contributed by atoms with Gasteiger partial charge in [-0.25, -0.2) is 0 Å². The topological polar surface area (TPSA) is 38.3 Å². The molecular weight excluding hydrogens is 234 g/mol. The first-order valence-corrected chi connectivity index (χ1v) is 6.78. The predicted octanol–water partition coefficient (Wildman–Crippen LogP) is 2.62. The van der Waals surface area contributed by atoms with Crippen LogP contribution in [0, 0.1) is 0 Å². The van der Waals surface area contributed by atoms with Gasteiger partial charge in [-0.15, -0.1) is 11.8 Å². The molecule has 17 heavy (non-hydrogen) atoms. The first-order chi connectivity index (χ1) is 8.08. The molecule has 0 saturated carbocycles. The molecule has 94 valence electrons. The molecule has 0 saturated heterocycles. The number of hydrogen-bond donors (Lipinski definition) is 1. The summed E-state index contributed by atoms with van der Waals surface area (Å²) in [7, 11) is 1.53. The van der Waals surface area contributed by atoms with Crippen molar-refractivity contribution in [3.8, 4) is 0 Å². The highest BCUT2D eigenvalue weighted by Gasteiger charge is 2.15. The van der Waals surface area contributed by atoms with Crippen LogP contribution in [0.25, 0.3) is 0 Å². The van der Waals surface area contributed by atoms with E-state index in [0.29, 0.717) is 0 Å². The molecule has 0 fully saturated rings. The molecule has 1 amide bonds. The molecule has 1 aromatic rings. The van der Waals surface area contributed by atoms with Crippen molar-refractivity contribution >= 4 is 17.7 Å². The van der Waals surface area contributed by atoms with Gasteiger partial charge in [-0.1, -0.05) is 12.1 Å². The van der Waals surface area contributed by atoms with Gasteiger partial charge in [-0.05, 0) is 37.8 Å². The minimum atomic E-state index is -0.414. The highest BCUT2D eigenvalue weighted by atomic mass is 32.2. The van der Waals surface area contributed by atoms with E-state index in [2.05, 4.69) is 17.4 Å². The van der Waals surface area contributed by atoms with Crippen molar-refractivity contribution in [1.82, 2.24) is 5.32 Å². The van der Waals surface area contributed by atoms with Gasteiger partial charge in [-0.2, -0.15) is 0 Å². The van der Waals surface area contributed by atoms with Gasteiger partial charge in [0.25, 0.3) is 0 Å². The molecule has 0 aliphatic carbocycles. The highest BCUT2D eigenvalue weighted by molar-refractivity contribution is 7.98. The zero-order valence-corrected chi connectivity index (χ0v) is 11.5. The van der Waals surface area contributed by atoms with Gasteiger partial charge in [0.05, 0.1) is 6.04 Å². The Kier molecular flexibility index (Phi) is 5.51. The maximum atomic E-state index is 11.6. The Morgan fingerprint density at radius 1 is 1.29 bits per heavy atom. The summed E-state index contributed by atoms with van der Waals surface area (Å²) in [4.78, 5) is 12.9. The summed E-state index contributed by atoms with van der Waals surface area (Å²) in [5, 5.41) is 2.91. The van der Waals surface area contributed by atoms with Crippen molar-refractivity contribution in [1.29, 1.82) is 0 Å². The fourth-order valence-electron chi connectivity index (χ4n) is 1.41. The number of amides is 1. The molecule has 1 aromatic carbocycles. The fourth-order valence-corrected chi connectivity index (χ4v) is 1.82. The van der Waals surface area contributed by atoms with Gasteiger partial charge in [0.15, 0.2) is 0 Å². The number of thioether (sulfide) groups is 1. The summed E-state index contributed by atoms with van der Waals surface area (Å²) < 4.78 is 4.97. The zero-order chi connectivity index (χ0) is 12.8. The van der Waals surface area contributed by atoms with Gasteiger partial charge < -0.3 is 10.1 Å². The van der Waals surface area contributed by atoms with Crippen LogP contribution in [-0.4, -0.2) is 25.4 Å². The zero-order valence-electron chi connectivity index (χ0n) is 10.7. The number of nitrogens with one attached hydrogen (secondary N) is 1. The summed E-state index contributed by atoms with van der Waals surface area (Å²) in [5.74, 6) is -0.0889. The molecule has 2 unspecified atom stereocenters. The van der Waals surface area contributed by atoms with Gasteiger partial charge in [-0.3, -0.25) is 4.79 Å². The van der Waals surface area contributed by atoms with E-state index in [-0.39, 0.29) is 11.9 Å². The lowest BCUT2D eigenvalue weighted by Crippen LogP contribution is -2.35. The average molecular weight is 253 g/mol. The molecular formula is C13H19NO2S. The van der Waals surface area contributed by atoms with E-state index in [0.717, 1.165) is 5.56 Å².